The Bertz CT molecular complexity index is 668. The highest BCUT2D eigenvalue weighted by molar-refractivity contribution is 5.53. The van der Waals surface area contributed by atoms with E-state index < -0.39 is 0 Å². The normalized spacial score (nSPS) is 17.6. The van der Waals surface area contributed by atoms with E-state index in [0.717, 1.165) is 31.7 Å². The Morgan fingerprint density at radius 3 is 3.05 bits per heavy atom. The summed E-state index contributed by atoms with van der Waals surface area (Å²) in [7, 11) is 0. The fourth-order valence-corrected chi connectivity index (χ4v) is 3.16. The zero-order valence-electron chi connectivity index (χ0n) is 13.0. The van der Waals surface area contributed by atoms with E-state index in [4.69, 9.17) is 5.26 Å². The SMILES string of the molecule is Cc1ccccc1N1CCC(CNCc2c[nH]c(C#N)c2)C1. The Labute approximate surface area is 131 Å². The van der Waals surface area contributed by atoms with Gasteiger partial charge in [-0.1, -0.05) is 18.2 Å². The number of nitrogens with zero attached hydrogens (tertiary/aromatic N) is 2. The van der Waals surface area contributed by atoms with E-state index >= 15 is 0 Å². The summed E-state index contributed by atoms with van der Waals surface area (Å²) in [4.78, 5) is 5.45. The Morgan fingerprint density at radius 1 is 1.41 bits per heavy atom. The molecule has 1 aromatic carbocycles. The highest BCUT2D eigenvalue weighted by atomic mass is 15.2. The van der Waals surface area contributed by atoms with E-state index in [1.54, 1.807) is 0 Å². The number of aromatic nitrogens is 1. The minimum Gasteiger partial charge on any atom is -0.371 e. The smallest absolute Gasteiger partial charge is 0.117 e. The largest absolute Gasteiger partial charge is 0.371 e. The third-order valence-electron chi connectivity index (χ3n) is 4.37. The molecule has 1 aliphatic rings. The quantitative estimate of drug-likeness (QED) is 0.891. The van der Waals surface area contributed by atoms with Crippen molar-refractivity contribution >= 4 is 5.69 Å². The van der Waals surface area contributed by atoms with Crippen LogP contribution in [0.1, 0.15) is 23.2 Å². The molecule has 1 aliphatic heterocycles. The van der Waals surface area contributed by atoms with Gasteiger partial charge in [0.05, 0.1) is 0 Å². The lowest BCUT2D eigenvalue weighted by Crippen LogP contribution is -2.26. The molecule has 2 aromatic rings. The van der Waals surface area contributed by atoms with Gasteiger partial charge in [0.1, 0.15) is 11.8 Å². The van der Waals surface area contributed by atoms with Crippen LogP contribution in [0.3, 0.4) is 0 Å². The van der Waals surface area contributed by atoms with Crippen molar-refractivity contribution in [1.29, 1.82) is 5.26 Å². The maximum absolute atomic E-state index is 8.80. The van der Waals surface area contributed by atoms with Crippen molar-refractivity contribution in [2.24, 2.45) is 5.92 Å². The van der Waals surface area contributed by atoms with Crippen LogP contribution in [-0.2, 0) is 6.54 Å². The van der Waals surface area contributed by atoms with Gasteiger partial charge in [-0.3, -0.25) is 0 Å². The molecular formula is C18H22N4. The van der Waals surface area contributed by atoms with Crippen LogP contribution in [0, 0.1) is 24.2 Å². The molecule has 3 rings (SSSR count). The number of hydrogen-bond acceptors (Lipinski definition) is 3. The number of H-pyrrole nitrogens is 1. The summed E-state index contributed by atoms with van der Waals surface area (Å²) >= 11 is 0. The maximum atomic E-state index is 8.80. The summed E-state index contributed by atoms with van der Waals surface area (Å²) < 4.78 is 0. The first-order chi connectivity index (χ1) is 10.8. The third-order valence-corrected chi connectivity index (χ3v) is 4.37. The van der Waals surface area contributed by atoms with Crippen LogP contribution in [-0.4, -0.2) is 24.6 Å². The second-order valence-electron chi connectivity index (χ2n) is 6.05. The van der Waals surface area contributed by atoms with Crippen LogP contribution in [0.2, 0.25) is 0 Å². The molecule has 22 heavy (non-hydrogen) atoms. The van der Waals surface area contributed by atoms with E-state index in [1.807, 2.05) is 12.3 Å². The fraction of sp³-hybridized carbons (Fsp3) is 0.389. The third kappa shape index (κ3) is 3.32. The highest BCUT2D eigenvalue weighted by Crippen LogP contribution is 2.26. The van der Waals surface area contributed by atoms with Gasteiger partial charge in [0, 0.05) is 38.1 Å². The molecule has 1 fully saturated rings. The van der Waals surface area contributed by atoms with E-state index in [-0.39, 0.29) is 0 Å². The molecule has 0 saturated carbocycles. The average Bonchev–Trinajstić information content (AvgIpc) is 3.17. The average molecular weight is 294 g/mol. The number of nitrogens with one attached hydrogen (secondary N) is 2. The van der Waals surface area contributed by atoms with Gasteiger partial charge in [0.15, 0.2) is 0 Å². The predicted octanol–water partition coefficient (Wildman–Crippen LogP) is 2.81. The minimum absolute atomic E-state index is 0.628. The van der Waals surface area contributed by atoms with Crippen molar-refractivity contribution in [2.75, 3.05) is 24.5 Å². The first kappa shape index (κ1) is 14.7. The topological polar surface area (TPSA) is 54.8 Å². The second kappa shape index (κ2) is 6.67. The van der Waals surface area contributed by atoms with Crippen molar-refractivity contribution in [3.8, 4) is 6.07 Å². The molecule has 1 atom stereocenters. The Kier molecular flexibility index (Phi) is 4.45. The first-order valence-electron chi connectivity index (χ1n) is 7.85. The number of hydrogen-bond donors (Lipinski definition) is 2. The highest BCUT2D eigenvalue weighted by Gasteiger charge is 2.23. The van der Waals surface area contributed by atoms with E-state index in [2.05, 4.69) is 52.5 Å². The number of aromatic amines is 1. The van der Waals surface area contributed by atoms with E-state index in [0.29, 0.717) is 11.6 Å². The van der Waals surface area contributed by atoms with Crippen LogP contribution in [0.4, 0.5) is 5.69 Å². The number of benzene rings is 1. The Morgan fingerprint density at radius 2 is 2.27 bits per heavy atom. The zero-order valence-corrected chi connectivity index (χ0v) is 13.0. The summed E-state index contributed by atoms with van der Waals surface area (Å²) in [5.41, 5.74) is 4.50. The molecule has 2 N–H and O–H groups in total. The molecule has 0 aliphatic carbocycles. The molecule has 1 aromatic heterocycles. The molecule has 0 amide bonds. The van der Waals surface area contributed by atoms with Crippen molar-refractivity contribution in [3.05, 3.63) is 53.3 Å². The predicted molar refractivity (Wildman–Crippen MR) is 88.7 cm³/mol. The van der Waals surface area contributed by atoms with Gasteiger partial charge in [-0.05, 0) is 42.5 Å². The summed E-state index contributed by atoms with van der Waals surface area (Å²) in [6.45, 7) is 6.28. The second-order valence-corrected chi connectivity index (χ2v) is 6.05. The summed E-state index contributed by atoms with van der Waals surface area (Å²) in [5, 5.41) is 12.3. The molecule has 2 heterocycles. The van der Waals surface area contributed by atoms with Crippen molar-refractivity contribution in [1.82, 2.24) is 10.3 Å². The molecule has 1 unspecified atom stereocenters. The number of para-hydroxylation sites is 1. The van der Waals surface area contributed by atoms with Crippen LogP contribution in [0.25, 0.3) is 0 Å². The molecule has 4 nitrogen and oxygen atoms in total. The van der Waals surface area contributed by atoms with Gasteiger partial charge >= 0.3 is 0 Å². The Hall–Kier alpha value is -2.25. The molecular weight excluding hydrogens is 272 g/mol. The number of rotatable bonds is 5. The lowest BCUT2D eigenvalue weighted by atomic mass is 10.1. The summed E-state index contributed by atoms with van der Waals surface area (Å²) in [6.07, 6.45) is 3.14. The van der Waals surface area contributed by atoms with Crippen LogP contribution in [0.5, 0.6) is 0 Å². The van der Waals surface area contributed by atoms with Crippen LogP contribution >= 0.6 is 0 Å². The molecule has 114 valence electrons. The number of aryl methyl sites for hydroxylation is 1. The van der Waals surface area contributed by atoms with Crippen LogP contribution < -0.4 is 10.2 Å². The standard InChI is InChI=1S/C18H22N4/c1-14-4-2-3-5-18(14)22-7-6-15(13-22)10-20-11-16-8-17(9-19)21-12-16/h2-5,8,12,15,20-21H,6-7,10-11,13H2,1H3. The molecule has 4 heteroatoms. The van der Waals surface area contributed by atoms with Crippen molar-refractivity contribution < 1.29 is 0 Å². The van der Waals surface area contributed by atoms with Gasteiger partial charge in [-0.15, -0.1) is 0 Å². The van der Waals surface area contributed by atoms with E-state index in [9.17, 15) is 0 Å². The van der Waals surface area contributed by atoms with Gasteiger partial charge < -0.3 is 15.2 Å². The minimum atomic E-state index is 0.628. The van der Waals surface area contributed by atoms with Crippen LogP contribution in [0.15, 0.2) is 36.5 Å². The fourth-order valence-electron chi connectivity index (χ4n) is 3.16. The van der Waals surface area contributed by atoms with Gasteiger partial charge in [-0.2, -0.15) is 5.26 Å². The molecule has 0 spiro atoms. The molecule has 1 saturated heterocycles. The van der Waals surface area contributed by atoms with Crippen molar-refractivity contribution in [3.63, 3.8) is 0 Å². The summed E-state index contributed by atoms with van der Waals surface area (Å²) in [6, 6.07) is 12.6. The Balaban J connectivity index is 1.47. The van der Waals surface area contributed by atoms with E-state index in [1.165, 1.54) is 17.7 Å². The molecule has 0 radical (unpaired) electrons. The number of anilines is 1. The maximum Gasteiger partial charge on any atom is 0.117 e. The summed E-state index contributed by atoms with van der Waals surface area (Å²) in [5.74, 6) is 0.689. The number of nitriles is 1. The van der Waals surface area contributed by atoms with Gasteiger partial charge in [0.25, 0.3) is 0 Å². The zero-order chi connectivity index (χ0) is 15.4. The first-order valence-corrected chi connectivity index (χ1v) is 7.85. The van der Waals surface area contributed by atoms with Gasteiger partial charge in [0.2, 0.25) is 0 Å². The monoisotopic (exact) mass is 294 g/mol. The van der Waals surface area contributed by atoms with Gasteiger partial charge in [-0.25, -0.2) is 0 Å². The molecule has 0 bridgehead atoms. The lowest BCUT2D eigenvalue weighted by molar-refractivity contribution is 0.517. The lowest BCUT2D eigenvalue weighted by Gasteiger charge is -2.21. The van der Waals surface area contributed by atoms with Crippen molar-refractivity contribution in [2.45, 2.75) is 19.9 Å².